The molecule has 0 aliphatic carbocycles. The first kappa shape index (κ1) is 33.5. The number of halogens is 2. The number of fused-ring (bicyclic) bond motifs is 1. The number of methoxy groups -OCH3 is 2. The molecule has 0 bridgehead atoms. The Morgan fingerprint density at radius 3 is 2.30 bits per heavy atom. The topological polar surface area (TPSA) is 112 Å². The number of pyridine rings is 1. The van der Waals surface area contributed by atoms with Crippen LogP contribution >= 0.6 is 35.0 Å². The first-order chi connectivity index (χ1) is 22.7. The number of hydrogen-bond donors (Lipinski definition) is 1. The number of hydrogen-bond acceptors (Lipinski definition) is 8. The lowest BCUT2D eigenvalue weighted by Gasteiger charge is -2.17. The normalized spacial score (nSPS) is 10.8. The summed E-state index contributed by atoms with van der Waals surface area (Å²) in [5.74, 6) is 0.109. The summed E-state index contributed by atoms with van der Waals surface area (Å²) in [6.45, 7) is 7.16. The summed E-state index contributed by atoms with van der Waals surface area (Å²) >= 11 is 14.8. The first-order valence-corrected chi connectivity index (χ1v) is 15.7. The molecular formula is C35H28Cl2N4O5S. The number of amides is 1. The van der Waals surface area contributed by atoms with Crippen LogP contribution in [0, 0.1) is 0 Å². The number of allylic oxidation sites excluding steroid dienone is 1. The SMILES string of the molecule is C=CC(=O)Cc1ccccc1Sc1ncc2cc(-c3c(Cl)c(OC)cc(OC)c3Cl)c(=O)n(Cc3ccc(NC(=O)C=C)cc3)c2n1. The Morgan fingerprint density at radius 2 is 1.66 bits per heavy atom. The Bertz CT molecular complexity index is 2070. The fourth-order valence-corrected chi connectivity index (χ4v) is 6.37. The van der Waals surface area contributed by atoms with Crippen LogP contribution in [0.1, 0.15) is 11.1 Å². The molecule has 2 heterocycles. The molecule has 0 unspecified atom stereocenters. The summed E-state index contributed by atoms with van der Waals surface area (Å²) in [7, 11) is 2.91. The molecule has 2 aromatic heterocycles. The van der Waals surface area contributed by atoms with E-state index in [-0.39, 0.29) is 57.3 Å². The molecule has 1 amide bonds. The number of carbonyl (C=O) groups is 2. The Kier molecular flexibility index (Phi) is 10.5. The van der Waals surface area contributed by atoms with Crippen molar-refractivity contribution >= 4 is 63.4 Å². The van der Waals surface area contributed by atoms with Crippen molar-refractivity contribution in [3.05, 3.63) is 124 Å². The molecule has 12 heteroatoms. The number of benzene rings is 3. The van der Waals surface area contributed by atoms with Crippen LogP contribution in [-0.4, -0.2) is 40.4 Å². The molecule has 9 nitrogen and oxygen atoms in total. The highest BCUT2D eigenvalue weighted by atomic mass is 35.5. The first-order valence-electron chi connectivity index (χ1n) is 14.1. The molecule has 0 radical (unpaired) electrons. The second-order valence-corrected chi connectivity index (χ2v) is 11.9. The summed E-state index contributed by atoms with van der Waals surface area (Å²) in [6.07, 6.45) is 4.28. The number of rotatable bonds is 12. The number of aromatic nitrogens is 3. The molecule has 0 spiro atoms. The minimum absolute atomic E-state index is 0.111. The highest BCUT2D eigenvalue weighted by Crippen LogP contribution is 2.45. The third kappa shape index (κ3) is 7.25. The maximum atomic E-state index is 14.4. The van der Waals surface area contributed by atoms with Crippen LogP contribution in [-0.2, 0) is 22.6 Å². The lowest BCUT2D eigenvalue weighted by Crippen LogP contribution is -2.24. The van der Waals surface area contributed by atoms with E-state index >= 15 is 0 Å². The number of ether oxygens (including phenoxy) is 2. The van der Waals surface area contributed by atoms with Crippen LogP contribution in [0.4, 0.5) is 5.69 Å². The van der Waals surface area contributed by atoms with E-state index < -0.39 is 5.56 Å². The zero-order valence-electron chi connectivity index (χ0n) is 25.4. The summed E-state index contributed by atoms with van der Waals surface area (Å²) in [4.78, 5) is 48.5. The number of nitrogens with one attached hydrogen (secondary N) is 1. The molecule has 5 aromatic rings. The minimum Gasteiger partial charge on any atom is -0.495 e. The average Bonchev–Trinajstić information content (AvgIpc) is 3.08. The third-order valence-electron chi connectivity index (χ3n) is 7.16. The number of ketones is 1. The molecule has 5 rings (SSSR count). The molecule has 0 saturated carbocycles. The molecule has 0 saturated heterocycles. The molecule has 0 aliphatic heterocycles. The van der Waals surface area contributed by atoms with Gasteiger partial charge in [-0.1, -0.05) is 66.7 Å². The van der Waals surface area contributed by atoms with Crippen molar-refractivity contribution in [3.8, 4) is 22.6 Å². The van der Waals surface area contributed by atoms with Gasteiger partial charge in [0, 0.05) is 40.2 Å². The van der Waals surface area contributed by atoms with Gasteiger partial charge in [-0.2, -0.15) is 0 Å². The maximum Gasteiger partial charge on any atom is 0.260 e. The summed E-state index contributed by atoms with van der Waals surface area (Å²) in [5.41, 5.74) is 2.50. The van der Waals surface area contributed by atoms with Crippen LogP contribution < -0.4 is 20.3 Å². The van der Waals surface area contributed by atoms with Crippen molar-refractivity contribution in [1.82, 2.24) is 14.5 Å². The van der Waals surface area contributed by atoms with Crippen LogP contribution in [0.15, 0.2) is 107 Å². The molecule has 0 aliphatic rings. The zero-order chi connectivity index (χ0) is 33.7. The Labute approximate surface area is 284 Å². The van der Waals surface area contributed by atoms with Gasteiger partial charge in [0.2, 0.25) is 5.91 Å². The van der Waals surface area contributed by atoms with E-state index in [1.165, 1.54) is 42.7 Å². The summed E-state index contributed by atoms with van der Waals surface area (Å²) < 4.78 is 12.4. The van der Waals surface area contributed by atoms with E-state index in [0.29, 0.717) is 21.9 Å². The summed E-state index contributed by atoms with van der Waals surface area (Å²) in [5, 5.41) is 3.91. The highest BCUT2D eigenvalue weighted by molar-refractivity contribution is 7.99. The maximum absolute atomic E-state index is 14.4. The Balaban J connectivity index is 1.68. The smallest absolute Gasteiger partial charge is 0.260 e. The molecule has 1 N–H and O–H groups in total. The predicted octanol–water partition coefficient (Wildman–Crippen LogP) is 7.40. The van der Waals surface area contributed by atoms with Crippen LogP contribution in [0.5, 0.6) is 11.5 Å². The van der Waals surface area contributed by atoms with E-state index in [1.54, 1.807) is 42.6 Å². The second kappa shape index (κ2) is 14.7. The minimum atomic E-state index is -0.424. The van der Waals surface area contributed by atoms with Gasteiger partial charge in [0.1, 0.15) is 17.1 Å². The second-order valence-electron chi connectivity index (χ2n) is 10.1. The lowest BCUT2D eigenvalue weighted by atomic mass is 10.0. The standard InChI is InChI=1S/C35H28Cl2N4O5S/c1-5-24(42)15-21-9-7-8-10-28(21)47-35-38-18-22-16-25(30-31(36)26(45-3)17-27(46-4)32(30)37)34(44)41(33(22)40-35)19-20-11-13-23(14-12-20)39-29(43)6-2/h5-14,16-18H,1-2,15,19H2,3-4H3,(H,39,43). The van der Waals surface area contributed by atoms with Crippen molar-refractivity contribution in [1.29, 1.82) is 0 Å². The molecule has 3 aromatic carbocycles. The van der Waals surface area contributed by atoms with Crippen LogP contribution in [0.2, 0.25) is 10.0 Å². The largest absolute Gasteiger partial charge is 0.495 e. The number of anilines is 1. The molecule has 0 fully saturated rings. The highest BCUT2D eigenvalue weighted by Gasteiger charge is 2.23. The van der Waals surface area contributed by atoms with Crippen molar-refractivity contribution in [2.45, 2.75) is 23.0 Å². The van der Waals surface area contributed by atoms with Gasteiger partial charge in [-0.15, -0.1) is 0 Å². The third-order valence-corrected chi connectivity index (χ3v) is 8.91. The van der Waals surface area contributed by atoms with E-state index in [0.717, 1.165) is 16.0 Å². The fourth-order valence-electron chi connectivity index (χ4n) is 4.82. The average molecular weight is 688 g/mol. The van der Waals surface area contributed by atoms with E-state index in [2.05, 4.69) is 23.5 Å². The van der Waals surface area contributed by atoms with Crippen molar-refractivity contribution < 1.29 is 19.1 Å². The van der Waals surface area contributed by atoms with Crippen molar-refractivity contribution in [2.75, 3.05) is 19.5 Å². The van der Waals surface area contributed by atoms with Gasteiger partial charge in [0.15, 0.2) is 10.9 Å². The Morgan fingerprint density at radius 1 is 0.979 bits per heavy atom. The quantitative estimate of drug-likeness (QED) is 0.107. The van der Waals surface area contributed by atoms with Gasteiger partial charge >= 0.3 is 0 Å². The van der Waals surface area contributed by atoms with Crippen LogP contribution in [0.25, 0.3) is 22.2 Å². The summed E-state index contributed by atoms with van der Waals surface area (Å²) in [6, 6.07) is 17.7. The van der Waals surface area contributed by atoms with Gasteiger partial charge < -0.3 is 14.8 Å². The van der Waals surface area contributed by atoms with Crippen LogP contribution in [0.3, 0.4) is 0 Å². The van der Waals surface area contributed by atoms with Gasteiger partial charge in [-0.05, 0) is 59.3 Å². The molecule has 238 valence electrons. The predicted molar refractivity (Wildman–Crippen MR) is 186 cm³/mol. The van der Waals surface area contributed by atoms with E-state index in [9.17, 15) is 14.4 Å². The number of carbonyl (C=O) groups excluding carboxylic acids is 2. The van der Waals surface area contributed by atoms with Gasteiger partial charge in [0.05, 0.1) is 36.4 Å². The number of nitrogens with zero attached hydrogens (tertiary/aromatic N) is 3. The lowest BCUT2D eigenvalue weighted by molar-refractivity contribution is -0.114. The fraction of sp³-hybridized carbons (Fsp3) is 0.114. The zero-order valence-corrected chi connectivity index (χ0v) is 27.7. The van der Waals surface area contributed by atoms with Gasteiger partial charge in [0.25, 0.3) is 5.56 Å². The monoisotopic (exact) mass is 686 g/mol. The van der Waals surface area contributed by atoms with E-state index in [1.807, 2.05) is 24.3 Å². The van der Waals surface area contributed by atoms with Gasteiger partial charge in [-0.25, -0.2) is 9.97 Å². The molecule has 0 atom stereocenters. The van der Waals surface area contributed by atoms with Crippen molar-refractivity contribution in [2.24, 2.45) is 0 Å². The molecule has 47 heavy (non-hydrogen) atoms. The van der Waals surface area contributed by atoms with Gasteiger partial charge in [-0.3, -0.25) is 19.0 Å². The van der Waals surface area contributed by atoms with E-state index in [4.69, 9.17) is 37.7 Å². The Hall–Kier alpha value is -4.90. The van der Waals surface area contributed by atoms with Crippen molar-refractivity contribution in [3.63, 3.8) is 0 Å². The molecular weight excluding hydrogens is 659 g/mol.